The lowest BCUT2D eigenvalue weighted by atomic mass is 9.88. The molecule has 1 aromatic heterocycles. The van der Waals surface area contributed by atoms with Gasteiger partial charge in [-0.1, -0.05) is 18.2 Å². The molecule has 1 aliphatic rings. The highest BCUT2D eigenvalue weighted by Gasteiger charge is 2.29. The van der Waals surface area contributed by atoms with Gasteiger partial charge in [0, 0.05) is 17.2 Å². The van der Waals surface area contributed by atoms with Crippen molar-refractivity contribution in [2.75, 3.05) is 5.73 Å². The Bertz CT molecular complexity index is 683. The van der Waals surface area contributed by atoms with Crippen molar-refractivity contribution in [3.8, 4) is 0 Å². The summed E-state index contributed by atoms with van der Waals surface area (Å²) in [6.07, 6.45) is 2.46. The Morgan fingerprint density at radius 1 is 1.26 bits per heavy atom. The average Bonchev–Trinajstić information content (AvgIpc) is 2.39. The highest BCUT2D eigenvalue weighted by atomic mass is 16.2. The molecule has 1 atom stereocenters. The number of benzene rings is 1. The highest BCUT2D eigenvalue weighted by molar-refractivity contribution is 6.03. The predicted octanol–water partition coefficient (Wildman–Crippen LogP) is 0.732. The summed E-state index contributed by atoms with van der Waals surface area (Å²) in [5, 5.41) is 11.6. The molecule has 6 heteroatoms. The standard InChI is InChI=1S/C13H12N4O2/c14-12-8-3-1-2-7(10(8)6-15-17-12)9-4-5-11(18)16-13(9)19/h1-3,6,9H,4-5H2,(H2,14,17)(H,16,18,19). The fraction of sp³-hybridized carbons (Fsp3) is 0.231. The molecule has 96 valence electrons. The van der Waals surface area contributed by atoms with Gasteiger partial charge in [-0.15, -0.1) is 5.10 Å². The molecule has 1 unspecified atom stereocenters. The number of amides is 2. The minimum absolute atomic E-state index is 0.221. The van der Waals surface area contributed by atoms with Crippen molar-refractivity contribution in [1.29, 1.82) is 0 Å². The Morgan fingerprint density at radius 2 is 2.11 bits per heavy atom. The number of nitrogen functional groups attached to an aromatic ring is 1. The first-order chi connectivity index (χ1) is 9.16. The highest BCUT2D eigenvalue weighted by Crippen LogP contribution is 2.31. The van der Waals surface area contributed by atoms with Crippen LogP contribution in [0, 0.1) is 0 Å². The molecule has 2 amide bonds. The van der Waals surface area contributed by atoms with Crippen molar-refractivity contribution in [2.24, 2.45) is 0 Å². The number of carbonyl (C=O) groups is 2. The molecule has 2 aromatic rings. The molecule has 1 aliphatic heterocycles. The fourth-order valence-corrected chi connectivity index (χ4v) is 2.45. The van der Waals surface area contributed by atoms with Crippen molar-refractivity contribution < 1.29 is 9.59 Å². The van der Waals surface area contributed by atoms with Crippen LogP contribution in [0.1, 0.15) is 24.3 Å². The van der Waals surface area contributed by atoms with E-state index in [1.54, 1.807) is 6.20 Å². The number of nitrogens with two attached hydrogens (primary N) is 1. The van der Waals surface area contributed by atoms with Gasteiger partial charge in [0.1, 0.15) is 0 Å². The molecule has 0 saturated carbocycles. The first-order valence-electron chi connectivity index (χ1n) is 6.00. The lowest BCUT2D eigenvalue weighted by Gasteiger charge is -2.22. The lowest BCUT2D eigenvalue weighted by Crippen LogP contribution is -2.39. The van der Waals surface area contributed by atoms with E-state index < -0.39 is 0 Å². The van der Waals surface area contributed by atoms with E-state index >= 15 is 0 Å². The Balaban J connectivity index is 2.13. The molecule has 1 aromatic carbocycles. The number of aromatic nitrogens is 2. The van der Waals surface area contributed by atoms with Gasteiger partial charge in [-0.2, -0.15) is 5.10 Å². The second-order valence-electron chi connectivity index (χ2n) is 4.54. The minimum atomic E-state index is -0.343. The molecule has 19 heavy (non-hydrogen) atoms. The third-order valence-electron chi connectivity index (χ3n) is 3.38. The quantitative estimate of drug-likeness (QED) is 0.733. The zero-order valence-corrected chi connectivity index (χ0v) is 10.1. The van der Waals surface area contributed by atoms with Crippen molar-refractivity contribution >= 4 is 28.4 Å². The van der Waals surface area contributed by atoms with Crippen LogP contribution in [0.2, 0.25) is 0 Å². The molecule has 6 nitrogen and oxygen atoms in total. The fourth-order valence-electron chi connectivity index (χ4n) is 2.45. The molecule has 2 heterocycles. The number of anilines is 1. The van der Waals surface area contributed by atoms with E-state index in [2.05, 4.69) is 15.5 Å². The van der Waals surface area contributed by atoms with Gasteiger partial charge in [0.15, 0.2) is 5.82 Å². The minimum Gasteiger partial charge on any atom is -0.382 e. The summed E-state index contributed by atoms with van der Waals surface area (Å²) in [6, 6.07) is 5.54. The number of nitrogens with one attached hydrogen (secondary N) is 1. The maximum atomic E-state index is 11.9. The predicted molar refractivity (Wildman–Crippen MR) is 69.1 cm³/mol. The summed E-state index contributed by atoms with van der Waals surface area (Å²) in [5.74, 6) is -0.489. The van der Waals surface area contributed by atoms with Crippen LogP contribution >= 0.6 is 0 Å². The molecular formula is C13H12N4O2. The van der Waals surface area contributed by atoms with Crippen LogP contribution in [-0.4, -0.2) is 22.0 Å². The number of piperidine rings is 1. The van der Waals surface area contributed by atoms with E-state index in [1.807, 2.05) is 18.2 Å². The molecular weight excluding hydrogens is 244 g/mol. The Hall–Kier alpha value is -2.50. The van der Waals surface area contributed by atoms with E-state index in [-0.39, 0.29) is 17.7 Å². The number of carbonyl (C=O) groups excluding carboxylic acids is 2. The van der Waals surface area contributed by atoms with Crippen LogP contribution in [0.25, 0.3) is 10.8 Å². The van der Waals surface area contributed by atoms with Gasteiger partial charge in [-0.3, -0.25) is 14.9 Å². The zero-order valence-electron chi connectivity index (χ0n) is 10.1. The van der Waals surface area contributed by atoms with E-state index in [9.17, 15) is 9.59 Å². The van der Waals surface area contributed by atoms with Crippen LogP contribution in [0.5, 0.6) is 0 Å². The van der Waals surface area contributed by atoms with Crippen LogP contribution in [0.4, 0.5) is 5.82 Å². The van der Waals surface area contributed by atoms with Gasteiger partial charge in [0.25, 0.3) is 0 Å². The SMILES string of the molecule is Nc1nncc2c(C3CCC(=O)NC3=O)cccc12. The van der Waals surface area contributed by atoms with Crippen LogP contribution in [-0.2, 0) is 9.59 Å². The van der Waals surface area contributed by atoms with E-state index in [1.165, 1.54) is 0 Å². The smallest absolute Gasteiger partial charge is 0.234 e. The second kappa shape index (κ2) is 4.31. The van der Waals surface area contributed by atoms with Crippen LogP contribution < -0.4 is 11.1 Å². The van der Waals surface area contributed by atoms with Crippen LogP contribution in [0.15, 0.2) is 24.4 Å². The van der Waals surface area contributed by atoms with Crippen molar-refractivity contribution in [3.05, 3.63) is 30.0 Å². The normalized spacial score (nSPS) is 19.5. The maximum absolute atomic E-state index is 11.9. The largest absolute Gasteiger partial charge is 0.382 e. The van der Waals surface area contributed by atoms with E-state index in [4.69, 9.17) is 5.73 Å². The van der Waals surface area contributed by atoms with Gasteiger partial charge in [-0.05, 0) is 12.0 Å². The second-order valence-corrected chi connectivity index (χ2v) is 4.54. The Labute approximate surface area is 109 Å². The number of hydrogen-bond donors (Lipinski definition) is 2. The monoisotopic (exact) mass is 256 g/mol. The zero-order chi connectivity index (χ0) is 13.4. The first-order valence-corrected chi connectivity index (χ1v) is 6.00. The molecule has 3 N–H and O–H groups in total. The van der Waals surface area contributed by atoms with E-state index in [0.717, 1.165) is 16.3 Å². The molecule has 1 saturated heterocycles. The summed E-state index contributed by atoms with van der Waals surface area (Å²) in [7, 11) is 0. The Morgan fingerprint density at radius 3 is 2.89 bits per heavy atom. The lowest BCUT2D eigenvalue weighted by molar-refractivity contribution is -0.134. The third kappa shape index (κ3) is 1.91. The van der Waals surface area contributed by atoms with Crippen molar-refractivity contribution in [3.63, 3.8) is 0 Å². The Kier molecular flexibility index (Phi) is 2.63. The van der Waals surface area contributed by atoms with E-state index in [0.29, 0.717) is 18.7 Å². The number of hydrogen-bond acceptors (Lipinski definition) is 5. The summed E-state index contributed by atoms with van der Waals surface area (Å²) in [6.45, 7) is 0. The summed E-state index contributed by atoms with van der Waals surface area (Å²) < 4.78 is 0. The van der Waals surface area contributed by atoms with Gasteiger partial charge < -0.3 is 5.73 Å². The molecule has 0 radical (unpaired) electrons. The van der Waals surface area contributed by atoms with Gasteiger partial charge in [-0.25, -0.2) is 0 Å². The van der Waals surface area contributed by atoms with Crippen LogP contribution in [0.3, 0.4) is 0 Å². The van der Waals surface area contributed by atoms with Gasteiger partial charge in [0.05, 0.1) is 12.1 Å². The number of rotatable bonds is 1. The molecule has 3 rings (SSSR count). The molecule has 0 spiro atoms. The topological polar surface area (TPSA) is 98.0 Å². The van der Waals surface area contributed by atoms with Crippen molar-refractivity contribution in [1.82, 2.24) is 15.5 Å². The molecule has 0 aliphatic carbocycles. The van der Waals surface area contributed by atoms with Gasteiger partial charge >= 0.3 is 0 Å². The number of nitrogens with zero attached hydrogens (tertiary/aromatic N) is 2. The third-order valence-corrected chi connectivity index (χ3v) is 3.38. The number of imide groups is 1. The number of fused-ring (bicyclic) bond motifs is 1. The molecule has 1 fully saturated rings. The van der Waals surface area contributed by atoms with Crippen molar-refractivity contribution in [2.45, 2.75) is 18.8 Å². The summed E-state index contributed by atoms with van der Waals surface area (Å²) in [5.41, 5.74) is 6.62. The summed E-state index contributed by atoms with van der Waals surface area (Å²) >= 11 is 0. The first kappa shape index (κ1) is 11.6. The molecule has 0 bridgehead atoms. The average molecular weight is 256 g/mol. The van der Waals surface area contributed by atoms with Gasteiger partial charge in [0.2, 0.25) is 11.8 Å². The summed E-state index contributed by atoms with van der Waals surface area (Å²) in [4.78, 5) is 23.1. The maximum Gasteiger partial charge on any atom is 0.234 e.